The molecule has 1 rings (SSSR count). The van der Waals surface area contributed by atoms with Crippen LogP contribution in [0.15, 0.2) is 0 Å². The largest absolute Gasteiger partial charge is 0.394 e. The van der Waals surface area contributed by atoms with Crippen LogP contribution in [0.5, 0.6) is 0 Å². The Bertz CT molecular complexity index is 212. The molecule has 1 aliphatic heterocycles. The Morgan fingerprint density at radius 2 is 1.85 bits per heavy atom. The van der Waals surface area contributed by atoms with E-state index in [1.807, 2.05) is 0 Å². The molecule has 0 spiro atoms. The van der Waals surface area contributed by atoms with Crippen LogP contribution in [-0.4, -0.2) is 45.7 Å². The van der Waals surface area contributed by atoms with Crippen LogP contribution in [0, 0.1) is 0 Å². The van der Waals surface area contributed by atoms with E-state index in [0.29, 0.717) is 0 Å². The number of nitrogens with zero attached hydrogens (tertiary/aromatic N) is 1. The molecule has 0 aromatic carbocycles. The summed E-state index contributed by atoms with van der Waals surface area (Å²) in [5.74, 6) is -0.546. The van der Waals surface area contributed by atoms with Gasteiger partial charge >= 0.3 is 0 Å². The van der Waals surface area contributed by atoms with Crippen molar-refractivity contribution in [3.63, 3.8) is 0 Å². The van der Waals surface area contributed by atoms with Crippen molar-refractivity contribution in [1.82, 2.24) is 4.90 Å². The minimum atomic E-state index is -1.05. The third kappa shape index (κ3) is 1.87. The number of carbonyl (C=O) groups is 2. The minimum absolute atomic E-state index is 0.210. The quantitative estimate of drug-likeness (QED) is 0.548. The molecule has 2 unspecified atom stereocenters. The van der Waals surface area contributed by atoms with Crippen LogP contribution in [0.4, 0.5) is 0 Å². The van der Waals surface area contributed by atoms with Gasteiger partial charge in [-0.1, -0.05) is 0 Å². The number of aliphatic hydroxyl groups is 2. The summed E-state index contributed by atoms with van der Waals surface area (Å²) in [6.45, 7) is 1.10. The van der Waals surface area contributed by atoms with E-state index in [4.69, 9.17) is 5.11 Å². The van der Waals surface area contributed by atoms with E-state index < -0.39 is 18.8 Å². The highest BCUT2D eigenvalue weighted by Crippen LogP contribution is 2.16. The van der Waals surface area contributed by atoms with Crippen LogP contribution in [0.25, 0.3) is 0 Å². The van der Waals surface area contributed by atoms with E-state index in [1.165, 1.54) is 0 Å². The van der Waals surface area contributed by atoms with Gasteiger partial charge in [-0.15, -0.1) is 0 Å². The van der Waals surface area contributed by atoms with Gasteiger partial charge in [-0.05, 0) is 6.92 Å². The van der Waals surface area contributed by atoms with Gasteiger partial charge in [0.25, 0.3) is 0 Å². The maximum absolute atomic E-state index is 11.2. The molecule has 1 heterocycles. The summed E-state index contributed by atoms with van der Waals surface area (Å²) in [6, 6.07) is -0.632. The Labute approximate surface area is 76.0 Å². The summed E-state index contributed by atoms with van der Waals surface area (Å²) < 4.78 is 0. The van der Waals surface area contributed by atoms with Crippen LogP contribution < -0.4 is 0 Å². The zero-order valence-electron chi connectivity index (χ0n) is 7.43. The van der Waals surface area contributed by atoms with Crippen molar-refractivity contribution in [3.05, 3.63) is 0 Å². The number of rotatable bonds is 3. The lowest BCUT2D eigenvalue weighted by atomic mass is 10.2. The predicted octanol–water partition coefficient (Wildman–Crippen LogP) is -1.12. The number of hydrogen-bond donors (Lipinski definition) is 2. The standard InChI is InChI=1S/C8H13NO4/c1-5(6(11)4-10)9-7(12)2-3-8(9)13/h5-6,10-11H,2-4H2,1H3. The molecule has 0 radical (unpaired) electrons. The first kappa shape index (κ1) is 10.1. The zero-order valence-corrected chi connectivity index (χ0v) is 7.43. The second-order valence-corrected chi connectivity index (χ2v) is 3.15. The molecule has 0 aromatic rings. The fourth-order valence-corrected chi connectivity index (χ4v) is 1.37. The molecule has 1 fully saturated rings. The highest BCUT2D eigenvalue weighted by molar-refractivity contribution is 6.02. The van der Waals surface area contributed by atoms with Gasteiger partial charge in [0, 0.05) is 12.8 Å². The van der Waals surface area contributed by atoms with Crippen LogP contribution in [-0.2, 0) is 9.59 Å². The van der Waals surface area contributed by atoms with Gasteiger partial charge in [-0.3, -0.25) is 14.5 Å². The lowest BCUT2D eigenvalue weighted by Gasteiger charge is -2.25. The van der Waals surface area contributed by atoms with Crippen molar-refractivity contribution in [2.45, 2.75) is 31.9 Å². The average molecular weight is 187 g/mol. The fourth-order valence-electron chi connectivity index (χ4n) is 1.37. The Morgan fingerprint density at radius 3 is 2.23 bits per heavy atom. The third-order valence-electron chi connectivity index (χ3n) is 2.24. The maximum atomic E-state index is 11.2. The van der Waals surface area contributed by atoms with Gasteiger partial charge in [-0.2, -0.15) is 0 Å². The maximum Gasteiger partial charge on any atom is 0.230 e. The van der Waals surface area contributed by atoms with E-state index >= 15 is 0 Å². The van der Waals surface area contributed by atoms with Gasteiger partial charge in [-0.25, -0.2) is 0 Å². The number of hydrogen-bond acceptors (Lipinski definition) is 4. The Balaban J connectivity index is 2.69. The normalized spacial score (nSPS) is 22.2. The van der Waals surface area contributed by atoms with E-state index in [9.17, 15) is 14.7 Å². The summed E-state index contributed by atoms with van der Waals surface area (Å²) in [6.07, 6.45) is -0.631. The molecule has 2 atom stereocenters. The van der Waals surface area contributed by atoms with Gasteiger partial charge < -0.3 is 10.2 Å². The van der Waals surface area contributed by atoms with Crippen LogP contribution in [0.1, 0.15) is 19.8 Å². The lowest BCUT2D eigenvalue weighted by molar-refractivity contribution is -0.144. The van der Waals surface area contributed by atoms with Gasteiger partial charge in [0.15, 0.2) is 0 Å². The van der Waals surface area contributed by atoms with Crippen molar-refractivity contribution in [2.75, 3.05) is 6.61 Å². The number of imide groups is 1. The number of amides is 2. The molecule has 2 N–H and O–H groups in total. The third-order valence-corrected chi connectivity index (χ3v) is 2.24. The molecule has 2 amide bonds. The first-order valence-corrected chi connectivity index (χ1v) is 4.21. The summed E-state index contributed by atoms with van der Waals surface area (Å²) >= 11 is 0. The molecule has 0 aliphatic carbocycles. The van der Waals surface area contributed by atoms with Crippen molar-refractivity contribution < 1.29 is 19.8 Å². The lowest BCUT2D eigenvalue weighted by Crippen LogP contribution is -2.45. The van der Waals surface area contributed by atoms with Crippen molar-refractivity contribution in [1.29, 1.82) is 0 Å². The second kappa shape index (κ2) is 3.85. The molecule has 5 nitrogen and oxygen atoms in total. The van der Waals surface area contributed by atoms with Crippen molar-refractivity contribution >= 4 is 11.8 Å². The zero-order chi connectivity index (χ0) is 10.0. The Hall–Kier alpha value is -0.940. The van der Waals surface area contributed by atoms with E-state index in [2.05, 4.69) is 0 Å². The number of likely N-dealkylation sites (tertiary alicyclic amines) is 1. The molecule has 1 saturated heterocycles. The summed E-state index contributed by atoms with van der Waals surface area (Å²) in [4.78, 5) is 23.3. The van der Waals surface area contributed by atoms with Crippen LogP contribution >= 0.6 is 0 Å². The van der Waals surface area contributed by atoms with Crippen LogP contribution in [0.3, 0.4) is 0 Å². The number of carbonyl (C=O) groups excluding carboxylic acids is 2. The van der Waals surface area contributed by atoms with Crippen molar-refractivity contribution in [3.8, 4) is 0 Å². The Morgan fingerprint density at radius 1 is 1.38 bits per heavy atom. The highest BCUT2D eigenvalue weighted by Gasteiger charge is 2.35. The molecular weight excluding hydrogens is 174 g/mol. The fraction of sp³-hybridized carbons (Fsp3) is 0.750. The summed E-state index contributed by atoms with van der Waals surface area (Å²) in [7, 11) is 0. The van der Waals surface area contributed by atoms with E-state index in [-0.39, 0.29) is 24.7 Å². The topological polar surface area (TPSA) is 77.8 Å². The monoisotopic (exact) mass is 187 g/mol. The van der Waals surface area contributed by atoms with Crippen LogP contribution in [0.2, 0.25) is 0 Å². The smallest absolute Gasteiger partial charge is 0.230 e. The highest BCUT2D eigenvalue weighted by atomic mass is 16.3. The molecule has 0 saturated carbocycles. The second-order valence-electron chi connectivity index (χ2n) is 3.15. The van der Waals surface area contributed by atoms with E-state index in [1.54, 1.807) is 6.92 Å². The molecule has 13 heavy (non-hydrogen) atoms. The number of aliphatic hydroxyl groups excluding tert-OH is 2. The summed E-state index contributed by atoms with van der Waals surface area (Å²) in [5, 5.41) is 17.9. The van der Waals surface area contributed by atoms with Gasteiger partial charge in [0.1, 0.15) is 0 Å². The molecule has 1 aliphatic rings. The van der Waals surface area contributed by atoms with Gasteiger partial charge in [0.2, 0.25) is 11.8 Å². The summed E-state index contributed by atoms with van der Waals surface area (Å²) in [5.41, 5.74) is 0. The van der Waals surface area contributed by atoms with Crippen molar-refractivity contribution in [2.24, 2.45) is 0 Å². The molecule has 0 aromatic heterocycles. The molecule has 74 valence electrons. The average Bonchev–Trinajstić information content (AvgIpc) is 2.44. The van der Waals surface area contributed by atoms with Gasteiger partial charge in [0.05, 0.1) is 18.8 Å². The molecule has 5 heteroatoms. The first-order chi connectivity index (χ1) is 6.07. The molecule has 0 bridgehead atoms. The SMILES string of the molecule is CC(C(O)CO)N1C(=O)CCC1=O. The minimum Gasteiger partial charge on any atom is -0.394 e. The van der Waals surface area contributed by atoms with E-state index in [0.717, 1.165) is 4.90 Å². The molecular formula is C8H13NO4. The first-order valence-electron chi connectivity index (χ1n) is 4.21. The predicted molar refractivity (Wildman–Crippen MR) is 43.6 cm³/mol. The Kier molecular flexibility index (Phi) is 3.00.